The maximum Gasteiger partial charge on any atom is 0.256 e. The van der Waals surface area contributed by atoms with Crippen molar-refractivity contribution in [3.05, 3.63) is 34.9 Å². The molecule has 1 aromatic carbocycles. The van der Waals surface area contributed by atoms with Gasteiger partial charge in [-0.25, -0.2) is 0 Å². The number of halogens is 1. The van der Waals surface area contributed by atoms with Crippen molar-refractivity contribution in [2.75, 3.05) is 26.0 Å². The van der Waals surface area contributed by atoms with Gasteiger partial charge < -0.3 is 15.0 Å². The Morgan fingerprint density at radius 1 is 1.25 bits per heavy atom. The third-order valence-electron chi connectivity index (χ3n) is 5.55. The lowest BCUT2D eigenvalue weighted by Crippen LogP contribution is -2.51. The van der Waals surface area contributed by atoms with Gasteiger partial charge in [0.2, 0.25) is 5.91 Å². The molecule has 7 heteroatoms. The summed E-state index contributed by atoms with van der Waals surface area (Å²) in [5.41, 5.74) is 0.477. The van der Waals surface area contributed by atoms with E-state index >= 15 is 0 Å². The van der Waals surface area contributed by atoms with Crippen LogP contribution >= 0.6 is 23.4 Å². The number of methoxy groups -OCH3 is 1. The third kappa shape index (κ3) is 5.02. The highest BCUT2D eigenvalue weighted by atomic mass is 35.5. The zero-order valence-electron chi connectivity index (χ0n) is 16.4. The van der Waals surface area contributed by atoms with Crippen LogP contribution in [0.15, 0.2) is 24.3 Å². The SMILES string of the molecule is COCCCNC(=O)[C@@H]1CS[C@H](C2CCCCC2)N1C(=O)c1ccccc1Cl. The molecule has 0 unspecified atom stereocenters. The van der Waals surface area contributed by atoms with E-state index in [4.69, 9.17) is 16.3 Å². The first-order valence-electron chi connectivity index (χ1n) is 10.1. The minimum atomic E-state index is -0.455. The summed E-state index contributed by atoms with van der Waals surface area (Å²) >= 11 is 8.05. The number of rotatable bonds is 7. The number of benzene rings is 1. The lowest BCUT2D eigenvalue weighted by molar-refractivity contribution is -0.125. The zero-order chi connectivity index (χ0) is 19.9. The second-order valence-corrected chi connectivity index (χ2v) is 9.02. The van der Waals surface area contributed by atoms with Crippen LogP contribution in [0, 0.1) is 5.92 Å². The Kier molecular flexibility index (Phi) is 8.06. The zero-order valence-corrected chi connectivity index (χ0v) is 17.9. The quantitative estimate of drug-likeness (QED) is 0.673. The summed E-state index contributed by atoms with van der Waals surface area (Å²) in [6.45, 7) is 1.16. The summed E-state index contributed by atoms with van der Waals surface area (Å²) in [5, 5.41) is 3.45. The number of nitrogens with one attached hydrogen (secondary N) is 1. The van der Waals surface area contributed by atoms with Crippen molar-refractivity contribution in [2.24, 2.45) is 5.92 Å². The van der Waals surface area contributed by atoms with Gasteiger partial charge in [0.15, 0.2) is 0 Å². The summed E-state index contributed by atoms with van der Waals surface area (Å²) in [5.74, 6) is 0.856. The molecule has 1 aliphatic heterocycles. The molecule has 2 aliphatic rings. The highest BCUT2D eigenvalue weighted by Gasteiger charge is 2.45. The molecule has 154 valence electrons. The Balaban J connectivity index is 1.79. The molecule has 3 rings (SSSR count). The topological polar surface area (TPSA) is 58.6 Å². The van der Waals surface area contributed by atoms with Gasteiger partial charge in [-0.3, -0.25) is 9.59 Å². The molecule has 2 fully saturated rings. The minimum absolute atomic E-state index is 0.0406. The van der Waals surface area contributed by atoms with Gasteiger partial charge in [-0.15, -0.1) is 11.8 Å². The predicted molar refractivity (Wildman–Crippen MR) is 114 cm³/mol. The van der Waals surface area contributed by atoms with Gasteiger partial charge in [0.1, 0.15) is 6.04 Å². The fourth-order valence-corrected chi connectivity index (χ4v) is 5.94. The maximum atomic E-state index is 13.4. The normalized spacial score (nSPS) is 23.0. The highest BCUT2D eigenvalue weighted by Crippen LogP contribution is 2.41. The molecule has 0 aromatic heterocycles. The fraction of sp³-hybridized carbons (Fsp3) is 0.619. The molecule has 1 saturated heterocycles. The van der Waals surface area contributed by atoms with Crippen molar-refractivity contribution in [1.82, 2.24) is 10.2 Å². The number of ether oxygens (including phenoxy) is 1. The van der Waals surface area contributed by atoms with Gasteiger partial charge >= 0.3 is 0 Å². The number of hydrogen-bond acceptors (Lipinski definition) is 4. The Morgan fingerprint density at radius 2 is 2.00 bits per heavy atom. The lowest BCUT2D eigenvalue weighted by Gasteiger charge is -2.35. The first-order valence-corrected chi connectivity index (χ1v) is 11.5. The smallest absolute Gasteiger partial charge is 0.256 e. The standard InChI is InChI=1S/C21H29ClN2O3S/c1-27-13-7-12-23-19(25)18-14-28-21(15-8-3-2-4-9-15)24(18)20(26)16-10-5-6-11-17(16)22/h5-6,10-11,15,18,21H,2-4,7-9,12-14H2,1H3,(H,23,25)/t18-,21+/m0/s1. The van der Waals surface area contributed by atoms with Crippen LogP contribution in [0.3, 0.4) is 0 Å². The molecule has 0 bridgehead atoms. The molecule has 1 saturated carbocycles. The summed E-state index contributed by atoms with van der Waals surface area (Å²) in [7, 11) is 1.65. The number of hydrogen-bond donors (Lipinski definition) is 1. The van der Waals surface area contributed by atoms with Gasteiger partial charge in [-0.2, -0.15) is 0 Å². The average Bonchev–Trinajstić information content (AvgIpc) is 3.17. The molecule has 2 atom stereocenters. The van der Waals surface area contributed by atoms with E-state index in [1.807, 2.05) is 17.0 Å². The van der Waals surface area contributed by atoms with Crippen LogP contribution in [-0.4, -0.2) is 54.1 Å². The van der Waals surface area contributed by atoms with Crippen LogP contribution in [-0.2, 0) is 9.53 Å². The number of carbonyl (C=O) groups is 2. The largest absolute Gasteiger partial charge is 0.385 e. The van der Waals surface area contributed by atoms with Gasteiger partial charge in [0.25, 0.3) is 5.91 Å². The van der Waals surface area contributed by atoms with E-state index in [1.54, 1.807) is 31.0 Å². The first kappa shape index (κ1) is 21.5. The summed E-state index contributed by atoms with van der Waals surface area (Å²) in [6, 6.07) is 6.66. The Morgan fingerprint density at radius 3 is 2.71 bits per heavy atom. The second kappa shape index (κ2) is 10.5. The highest BCUT2D eigenvalue weighted by molar-refractivity contribution is 8.00. The van der Waals surface area contributed by atoms with E-state index in [9.17, 15) is 9.59 Å². The number of carbonyl (C=O) groups excluding carboxylic acids is 2. The monoisotopic (exact) mass is 424 g/mol. The molecule has 2 amide bonds. The van der Waals surface area contributed by atoms with Crippen LogP contribution in [0.5, 0.6) is 0 Å². The van der Waals surface area contributed by atoms with Crippen molar-refractivity contribution in [1.29, 1.82) is 0 Å². The molecule has 1 aromatic rings. The van der Waals surface area contributed by atoms with Crippen molar-refractivity contribution in [3.63, 3.8) is 0 Å². The number of thioether (sulfide) groups is 1. The molecule has 0 radical (unpaired) electrons. The van der Waals surface area contributed by atoms with Crippen molar-refractivity contribution in [2.45, 2.75) is 49.9 Å². The second-order valence-electron chi connectivity index (χ2n) is 7.47. The number of nitrogens with zero attached hydrogens (tertiary/aromatic N) is 1. The molecule has 1 heterocycles. The van der Waals surface area contributed by atoms with Crippen LogP contribution in [0.4, 0.5) is 0 Å². The fourth-order valence-electron chi connectivity index (χ4n) is 4.09. The Hall–Kier alpha value is -1.24. The molecular formula is C21H29ClN2O3S. The van der Waals surface area contributed by atoms with E-state index < -0.39 is 6.04 Å². The van der Waals surface area contributed by atoms with Crippen LogP contribution in [0.2, 0.25) is 5.02 Å². The average molecular weight is 425 g/mol. The van der Waals surface area contributed by atoms with Gasteiger partial charge in [-0.05, 0) is 37.3 Å². The molecule has 5 nitrogen and oxygen atoms in total. The van der Waals surface area contributed by atoms with Gasteiger partial charge in [0, 0.05) is 26.0 Å². The van der Waals surface area contributed by atoms with Gasteiger partial charge in [0.05, 0.1) is 16.0 Å². The molecule has 1 N–H and O–H groups in total. The Bertz CT molecular complexity index is 681. The third-order valence-corrected chi connectivity index (χ3v) is 7.35. The lowest BCUT2D eigenvalue weighted by atomic mass is 9.88. The van der Waals surface area contributed by atoms with Crippen molar-refractivity contribution >= 4 is 35.2 Å². The van der Waals surface area contributed by atoms with E-state index in [2.05, 4.69) is 5.32 Å². The summed E-state index contributed by atoms with van der Waals surface area (Å²) in [6.07, 6.45) is 6.65. The van der Waals surface area contributed by atoms with Crippen LogP contribution in [0.1, 0.15) is 48.9 Å². The van der Waals surface area contributed by atoms with Crippen molar-refractivity contribution < 1.29 is 14.3 Å². The predicted octanol–water partition coefficient (Wildman–Crippen LogP) is 3.96. The van der Waals surface area contributed by atoms with Crippen LogP contribution < -0.4 is 5.32 Å². The van der Waals surface area contributed by atoms with E-state index in [-0.39, 0.29) is 17.2 Å². The molecule has 0 spiro atoms. The van der Waals surface area contributed by atoms with E-state index in [0.29, 0.717) is 35.4 Å². The summed E-state index contributed by atoms with van der Waals surface area (Å²) in [4.78, 5) is 28.1. The van der Waals surface area contributed by atoms with Crippen LogP contribution in [0.25, 0.3) is 0 Å². The Labute approximate surface area is 176 Å². The minimum Gasteiger partial charge on any atom is -0.385 e. The first-order chi connectivity index (χ1) is 13.6. The molecular weight excluding hydrogens is 396 g/mol. The van der Waals surface area contributed by atoms with E-state index in [1.165, 1.54) is 19.3 Å². The van der Waals surface area contributed by atoms with Crippen molar-refractivity contribution in [3.8, 4) is 0 Å². The number of amides is 2. The molecule has 28 heavy (non-hydrogen) atoms. The van der Waals surface area contributed by atoms with Gasteiger partial charge in [-0.1, -0.05) is 43.0 Å². The van der Waals surface area contributed by atoms with E-state index in [0.717, 1.165) is 19.3 Å². The maximum absolute atomic E-state index is 13.4. The summed E-state index contributed by atoms with van der Waals surface area (Å²) < 4.78 is 5.04. The molecule has 1 aliphatic carbocycles.